The van der Waals surface area contributed by atoms with Crippen LogP contribution in [0, 0.1) is 5.82 Å². The van der Waals surface area contributed by atoms with Gasteiger partial charge in [0.2, 0.25) is 0 Å². The molecule has 2 aliphatic heterocycles. The van der Waals surface area contributed by atoms with Crippen LogP contribution in [0.4, 0.5) is 20.6 Å². The van der Waals surface area contributed by atoms with Crippen molar-refractivity contribution in [1.29, 1.82) is 0 Å². The van der Waals surface area contributed by atoms with Gasteiger partial charge in [0, 0.05) is 18.8 Å². The summed E-state index contributed by atoms with van der Waals surface area (Å²) < 4.78 is 14.1. The van der Waals surface area contributed by atoms with E-state index < -0.39 is 23.7 Å². The molecule has 1 N–H and O–H groups in total. The first-order valence-corrected chi connectivity index (χ1v) is 9.55. The van der Waals surface area contributed by atoms with Crippen molar-refractivity contribution >= 4 is 35.3 Å². The first-order valence-electron chi connectivity index (χ1n) is 9.55. The minimum atomic E-state index is -0.970. The van der Waals surface area contributed by atoms with E-state index in [1.54, 1.807) is 0 Å². The number of urea groups is 1. The molecule has 0 radical (unpaired) electrons. The Morgan fingerprint density at radius 3 is 2.28 bits per heavy atom. The average molecular weight is 393 g/mol. The van der Waals surface area contributed by atoms with E-state index in [0.717, 1.165) is 24.8 Å². The summed E-state index contributed by atoms with van der Waals surface area (Å²) >= 11 is 0. The number of anilines is 2. The molecule has 2 aliphatic rings. The van der Waals surface area contributed by atoms with E-state index in [4.69, 9.17) is 0 Å². The molecule has 2 saturated heterocycles. The van der Waals surface area contributed by atoms with Crippen molar-refractivity contribution in [3.63, 3.8) is 0 Å². The van der Waals surface area contributed by atoms with Crippen LogP contribution in [0.25, 0.3) is 6.08 Å². The fraction of sp³-hybridized carbons (Fsp3) is 0.227. The summed E-state index contributed by atoms with van der Waals surface area (Å²) in [4.78, 5) is 40.2. The number of hydrogen-bond acceptors (Lipinski definition) is 4. The monoisotopic (exact) mass is 393 g/mol. The predicted molar refractivity (Wildman–Crippen MR) is 108 cm³/mol. The molecule has 2 aromatic carbocycles. The molecular formula is C22H20FN3O3. The fourth-order valence-corrected chi connectivity index (χ4v) is 3.61. The van der Waals surface area contributed by atoms with Crippen molar-refractivity contribution in [2.75, 3.05) is 22.9 Å². The van der Waals surface area contributed by atoms with E-state index in [-0.39, 0.29) is 11.3 Å². The maximum Gasteiger partial charge on any atom is 0.336 e. The van der Waals surface area contributed by atoms with E-state index in [1.807, 2.05) is 24.3 Å². The van der Waals surface area contributed by atoms with Crippen LogP contribution in [-0.4, -0.2) is 30.9 Å². The summed E-state index contributed by atoms with van der Waals surface area (Å²) in [6, 6.07) is 12.0. The highest BCUT2D eigenvalue weighted by Gasteiger charge is 2.37. The van der Waals surface area contributed by atoms with Crippen molar-refractivity contribution in [3.05, 3.63) is 65.5 Å². The molecule has 2 aromatic rings. The van der Waals surface area contributed by atoms with Gasteiger partial charge in [-0.05, 0) is 55.2 Å². The molecule has 0 saturated carbocycles. The Balaban J connectivity index is 1.62. The Bertz CT molecular complexity index is 995. The number of piperidine rings is 1. The van der Waals surface area contributed by atoms with Gasteiger partial charge in [-0.25, -0.2) is 14.1 Å². The molecule has 6 nitrogen and oxygen atoms in total. The molecule has 29 heavy (non-hydrogen) atoms. The Labute approximate surface area is 167 Å². The maximum absolute atomic E-state index is 14.1. The molecular weight excluding hydrogens is 373 g/mol. The van der Waals surface area contributed by atoms with Crippen molar-refractivity contribution < 1.29 is 18.8 Å². The number of halogens is 1. The average Bonchev–Trinajstić information content (AvgIpc) is 2.73. The highest BCUT2D eigenvalue weighted by Crippen LogP contribution is 2.25. The minimum Gasteiger partial charge on any atom is -0.372 e. The zero-order valence-electron chi connectivity index (χ0n) is 15.7. The second-order valence-electron chi connectivity index (χ2n) is 7.05. The van der Waals surface area contributed by atoms with E-state index in [0.29, 0.717) is 10.5 Å². The lowest BCUT2D eigenvalue weighted by molar-refractivity contribution is -0.122. The molecule has 0 unspecified atom stereocenters. The summed E-state index contributed by atoms with van der Waals surface area (Å²) in [5.74, 6) is -2.38. The van der Waals surface area contributed by atoms with Crippen LogP contribution in [0.2, 0.25) is 0 Å². The van der Waals surface area contributed by atoms with Gasteiger partial charge in [0.15, 0.2) is 0 Å². The van der Waals surface area contributed by atoms with Gasteiger partial charge in [-0.15, -0.1) is 0 Å². The van der Waals surface area contributed by atoms with Crippen LogP contribution < -0.4 is 15.1 Å². The smallest absolute Gasteiger partial charge is 0.336 e. The number of hydrogen-bond donors (Lipinski definition) is 1. The van der Waals surface area contributed by atoms with Gasteiger partial charge in [0.05, 0.1) is 5.69 Å². The first kappa shape index (κ1) is 18.9. The number of rotatable bonds is 3. The van der Waals surface area contributed by atoms with Crippen LogP contribution in [0.15, 0.2) is 54.1 Å². The van der Waals surface area contributed by atoms with Crippen LogP contribution in [0.1, 0.15) is 24.8 Å². The van der Waals surface area contributed by atoms with Crippen LogP contribution in [0.3, 0.4) is 0 Å². The van der Waals surface area contributed by atoms with E-state index >= 15 is 0 Å². The van der Waals surface area contributed by atoms with Gasteiger partial charge in [0.1, 0.15) is 11.4 Å². The number of imide groups is 2. The predicted octanol–water partition coefficient (Wildman–Crippen LogP) is 3.48. The normalized spacial score (nSPS) is 18.9. The number of carbonyl (C=O) groups excluding carboxylic acids is 3. The number of carbonyl (C=O) groups is 3. The van der Waals surface area contributed by atoms with E-state index in [2.05, 4.69) is 10.2 Å². The lowest BCUT2D eigenvalue weighted by atomic mass is 10.1. The molecule has 0 aromatic heterocycles. The zero-order valence-corrected chi connectivity index (χ0v) is 15.7. The Hall–Kier alpha value is -3.48. The number of para-hydroxylation sites is 1. The number of amides is 4. The van der Waals surface area contributed by atoms with Crippen LogP contribution in [-0.2, 0) is 9.59 Å². The summed E-state index contributed by atoms with van der Waals surface area (Å²) in [5, 5.41) is 2.10. The van der Waals surface area contributed by atoms with Crippen molar-refractivity contribution in [1.82, 2.24) is 5.32 Å². The molecule has 0 atom stereocenters. The lowest BCUT2D eigenvalue weighted by Crippen LogP contribution is -2.54. The molecule has 2 heterocycles. The van der Waals surface area contributed by atoms with Gasteiger partial charge in [-0.2, -0.15) is 0 Å². The van der Waals surface area contributed by atoms with Crippen molar-refractivity contribution in [3.8, 4) is 0 Å². The molecule has 0 bridgehead atoms. The van der Waals surface area contributed by atoms with E-state index in [1.165, 1.54) is 43.5 Å². The number of nitrogens with zero attached hydrogens (tertiary/aromatic N) is 2. The summed E-state index contributed by atoms with van der Waals surface area (Å²) in [5.41, 5.74) is 1.31. The van der Waals surface area contributed by atoms with Gasteiger partial charge in [-0.1, -0.05) is 24.3 Å². The highest BCUT2D eigenvalue weighted by atomic mass is 19.1. The molecule has 2 fully saturated rings. The summed E-state index contributed by atoms with van der Waals surface area (Å²) in [6.07, 6.45) is 4.99. The Kier molecular flexibility index (Phi) is 5.12. The highest BCUT2D eigenvalue weighted by molar-refractivity contribution is 6.39. The topological polar surface area (TPSA) is 69.7 Å². The summed E-state index contributed by atoms with van der Waals surface area (Å²) in [6.45, 7) is 2.03. The molecule has 0 spiro atoms. The third kappa shape index (κ3) is 3.76. The molecule has 4 amide bonds. The standard InChI is InChI=1S/C22H20FN3O3/c23-18-6-2-3-7-19(18)26-21(28)17(20(27)24-22(26)29)14-15-8-10-16(11-9-15)25-12-4-1-5-13-25/h2-3,6-11,14H,1,4-5,12-13H2,(H,24,27,29)/b17-14+. The number of benzene rings is 2. The summed E-state index contributed by atoms with van der Waals surface area (Å²) in [7, 11) is 0. The van der Waals surface area contributed by atoms with Gasteiger partial charge < -0.3 is 4.90 Å². The van der Waals surface area contributed by atoms with Gasteiger partial charge in [0.25, 0.3) is 11.8 Å². The maximum atomic E-state index is 14.1. The lowest BCUT2D eigenvalue weighted by Gasteiger charge is -2.29. The molecule has 4 rings (SSSR count). The molecule has 7 heteroatoms. The van der Waals surface area contributed by atoms with Crippen molar-refractivity contribution in [2.24, 2.45) is 0 Å². The number of nitrogens with one attached hydrogen (secondary N) is 1. The third-order valence-corrected chi connectivity index (χ3v) is 5.12. The van der Waals surface area contributed by atoms with Gasteiger partial charge in [-0.3, -0.25) is 14.9 Å². The van der Waals surface area contributed by atoms with Crippen LogP contribution in [0.5, 0.6) is 0 Å². The van der Waals surface area contributed by atoms with Crippen LogP contribution >= 0.6 is 0 Å². The SMILES string of the molecule is O=C1NC(=O)N(c2ccccc2F)C(=O)/C1=C/c1ccc(N2CCCCC2)cc1. The first-order chi connectivity index (χ1) is 14.0. The molecule has 148 valence electrons. The van der Waals surface area contributed by atoms with E-state index in [9.17, 15) is 18.8 Å². The Morgan fingerprint density at radius 2 is 1.59 bits per heavy atom. The second kappa shape index (κ2) is 7.87. The van der Waals surface area contributed by atoms with Crippen molar-refractivity contribution in [2.45, 2.75) is 19.3 Å². The second-order valence-corrected chi connectivity index (χ2v) is 7.05. The third-order valence-electron chi connectivity index (χ3n) is 5.12. The Morgan fingerprint density at radius 1 is 0.897 bits per heavy atom. The molecule has 0 aliphatic carbocycles. The fourth-order valence-electron chi connectivity index (χ4n) is 3.61. The number of barbiturate groups is 1. The quantitative estimate of drug-likeness (QED) is 0.640. The van der Waals surface area contributed by atoms with Gasteiger partial charge >= 0.3 is 6.03 Å². The minimum absolute atomic E-state index is 0.200. The largest absolute Gasteiger partial charge is 0.372 e. The zero-order chi connectivity index (χ0) is 20.4.